The lowest BCUT2D eigenvalue weighted by atomic mass is 9.91. The second-order valence-corrected chi connectivity index (χ2v) is 6.51. The Morgan fingerprint density at radius 1 is 1.12 bits per heavy atom. The molecule has 2 N–H and O–H groups in total. The molecule has 1 fully saturated rings. The monoisotopic (exact) mass is 350 g/mol. The van der Waals surface area contributed by atoms with Crippen LogP contribution in [-0.4, -0.2) is 21.9 Å². The van der Waals surface area contributed by atoms with E-state index in [4.69, 9.17) is 0 Å². The third-order valence-electron chi connectivity index (χ3n) is 4.71. The van der Waals surface area contributed by atoms with Crippen molar-refractivity contribution in [3.05, 3.63) is 71.8 Å². The summed E-state index contributed by atoms with van der Waals surface area (Å²) in [7, 11) is 0. The van der Waals surface area contributed by atoms with Gasteiger partial charge in [0.05, 0.1) is 17.1 Å². The number of benzene rings is 2. The number of carbonyl (C=O) groups excluding carboxylic acids is 1. The van der Waals surface area contributed by atoms with Crippen molar-refractivity contribution in [3.8, 4) is 0 Å². The standard InChI is InChI=1S/C20H19FN4O/c21-15-3-1-2-14(11-15)20-17(6-7-19(26)25-20)24-12-13-4-5-16-18(10-13)23-9-8-22-16/h1-5,8-11,17,20,24H,6-7,12H2,(H,25,26)/t17-,20+/m1/s1. The van der Waals surface area contributed by atoms with Gasteiger partial charge in [0.1, 0.15) is 5.82 Å². The molecule has 5 nitrogen and oxygen atoms in total. The van der Waals surface area contributed by atoms with E-state index in [1.54, 1.807) is 18.5 Å². The summed E-state index contributed by atoms with van der Waals surface area (Å²) in [5.41, 5.74) is 3.58. The van der Waals surface area contributed by atoms with Gasteiger partial charge in [0, 0.05) is 31.4 Å². The normalized spacial score (nSPS) is 20.1. The Morgan fingerprint density at radius 2 is 1.96 bits per heavy atom. The van der Waals surface area contributed by atoms with Gasteiger partial charge < -0.3 is 10.6 Å². The van der Waals surface area contributed by atoms with Crippen LogP contribution < -0.4 is 10.6 Å². The van der Waals surface area contributed by atoms with Crippen molar-refractivity contribution in [2.45, 2.75) is 31.5 Å². The highest BCUT2D eigenvalue weighted by Crippen LogP contribution is 2.25. The fraction of sp³-hybridized carbons (Fsp3) is 0.250. The van der Waals surface area contributed by atoms with E-state index in [-0.39, 0.29) is 23.8 Å². The summed E-state index contributed by atoms with van der Waals surface area (Å²) >= 11 is 0. The first-order valence-electron chi connectivity index (χ1n) is 8.67. The van der Waals surface area contributed by atoms with Gasteiger partial charge in [-0.1, -0.05) is 18.2 Å². The Kier molecular flexibility index (Phi) is 4.58. The molecular formula is C20H19FN4O. The highest BCUT2D eigenvalue weighted by molar-refractivity contribution is 5.77. The van der Waals surface area contributed by atoms with Crippen LogP contribution in [0.1, 0.15) is 30.0 Å². The molecule has 2 atom stereocenters. The number of piperidine rings is 1. The highest BCUT2D eigenvalue weighted by atomic mass is 19.1. The first kappa shape index (κ1) is 16.6. The molecule has 0 bridgehead atoms. The number of amides is 1. The van der Waals surface area contributed by atoms with Gasteiger partial charge in [-0.25, -0.2) is 4.39 Å². The Bertz CT molecular complexity index is 946. The van der Waals surface area contributed by atoms with E-state index in [1.165, 1.54) is 12.1 Å². The summed E-state index contributed by atoms with van der Waals surface area (Å²) in [5, 5.41) is 6.49. The molecule has 1 aromatic heterocycles. The van der Waals surface area contributed by atoms with E-state index in [0.717, 1.165) is 22.2 Å². The first-order chi connectivity index (χ1) is 12.7. The number of nitrogens with zero attached hydrogens (tertiary/aromatic N) is 2. The zero-order chi connectivity index (χ0) is 17.9. The van der Waals surface area contributed by atoms with Gasteiger partial charge in [-0.05, 0) is 41.8 Å². The molecule has 1 amide bonds. The number of nitrogens with one attached hydrogen (secondary N) is 2. The quantitative estimate of drug-likeness (QED) is 0.759. The molecule has 2 heterocycles. The summed E-state index contributed by atoms with van der Waals surface area (Å²) in [6.07, 6.45) is 4.53. The van der Waals surface area contributed by atoms with Gasteiger partial charge in [0.2, 0.25) is 5.91 Å². The maximum atomic E-state index is 13.6. The van der Waals surface area contributed by atoms with Crippen LogP contribution in [0.15, 0.2) is 54.9 Å². The Balaban J connectivity index is 1.51. The molecule has 2 aromatic carbocycles. The number of hydrogen-bond donors (Lipinski definition) is 2. The van der Waals surface area contributed by atoms with E-state index >= 15 is 0 Å². The predicted molar refractivity (Wildman–Crippen MR) is 96.7 cm³/mol. The minimum absolute atomic E-state index is 0.00158. The third-order valence-corrected chi connectivity index (χ3v) is 4.71. The summed E-state index contributed by atoms with van der Waals surface area (Å²) < 4.78 is 13.6. The van der Waals surface area contributed by atoms with Crippen LogP contribution >= 0.6 is 0 Å². The number of rotatable bonds is 4. The fourth-order valence-electron chi connectivity index (χ4n) is 3.40. The van der Waals surface area contributed by atoms with Crippen molar-refractivity contribution in [1.82, 2.24) is 20.6 Å². The van der Waals surface area contributed by atoms with Crippen LogP contribution in [-0.2, 0) is 11.3 Å². The average Bonchev–Trinajstić information content (AvgIpc) is 2.67. The molecule has 0 unspecified atom stereocenters. The minimum Gasteiger partial charge on any atom is -0.348 e. The number of carbonyl (C=O) groups is 1. The van der Waals surface area contributed by atoms with Crippen molar-refractivity contribution < 1.29 is 9.18 Å². The van der Waals surface area contributed by atoms with Crippen LogP contribution in [0, 0.1) is 5.82 Å². The Labute approximate surface area is 150 Å². The van der Waals surface area contributed by atoms with Gasteiger partial charge in [-0.15, -0.1) is 0 Å². The second-order valence-electron chi connectivity index (χ2n) is 6.51. The van der Waals surface area contributed by atoms with Gasteiger partial charge >= 0.3 is 0 Å². The average molecular weight is 350 g/mol. The van der Waals surface area contributed by atoms with Gasteiger partial charge in [0.25, 0.3) is 0 Å². The summed E-state index contributed by atoms with van der Waals surface area (Å²) in [5.74, 6) is -0.299. The smallest absolute Gasteiger partial charge is 0.220 e. The lowest BCUT2D eigenvalue weighted by molar-refractivity contribution is -0.123. The fourth-order valence-corrected chi connectivity index (χ4v) is 3.40. The van der Waals surface area contributed by atoms with Crippen molar-refractivity contribution in [3.63, 3.8) is 0 Å². The van der Waals surface area contributed by atoms with Crippen molar-refractivity contribution in [2.75, 3.05) is 0 Å². The Hall–Kier alpha value is -2.86. The summed E-state index contributed by atoms with van der Waals surface area (Å²) in [6, 6.07) is 12.2. The molecule has 1 saturated heterocycles. The third kappa shape index (κ3) is 3.55. The SMILES string of the molecule is O=C1CC[C@@H](NCc2ccc3nccnc3c2)[C@H](c2cccc(F)c2)N1. The van der Waals surface area contributed by atoms with E-state index in [2.05, 4.69) is 20.6 Å². The van der Waals surface area contributed by atoms with Crippen LogP contribution in [0.3, 0.4) is 0 Å². The van der Waals surface area contributed by atoms with Crippen LogP contribution in [0.4, 0.5) is 4.39 Å². The van der Waals surface area contributed by atoms with E-state index < -0.39 is 0 Å². The maximum Gasteiger partial charge on any atom is 0.220 e. The molecule has 26 heavy (non-hydrogen) atoms. The molecule has 0 aliphatic carbocycles. The maximum absolute atomic E-state index is 13.6. The summed E-state index contributed by atoms with van der Waals surface area (Å²) in [6.45, 7) is 0.638. The number of hydrogen-bond acceptors (Lipinski definition) is 4. The molecule has 1 aliphatic heterocycles. The minimum atomic E-state index is -0.297. The molecule has 132 valence electrons. The van der Waals surface area contributed by atoms with Crippen molar-refractivity contribution >= 4 is 16.9 Å². The van der Waals surface area contributed by atoms with Gasteiger partial charge in [-0.2, -0.15) is 0 Å². The van der Waals surface area contributed by atoms with Crippen LogP contribution in [0.5, 0.6) is 0 Å². The molecular weight excluding hydrogens is 331 g/mol. The number of halogens is 1. The molecule has 0 saturated carbocycles. The number of fused-ring (bicyclic) bond motifs is 1. The highest BCUT2D eigenvalue weighted by Gasteiger charge is 2.29. The lowest BCUT2D eigenvalue weighted by Gasteiger charge is -2.33. The van der Waals surface area contributed by atoms with E-state index in [0.29, 0.717) is 19.4 Å². The summed E-state index contributed by atoms with van der Waals surface area (Å²) in [4.78, 5) is 20.5. The lowest BCUT2D eigenvalue weighted by Crippen LogP contribution is -2.48. The second kappa shape index (κ2) is 7.17. The Morgan fingerprint density at radius 3 is 2.81 bits per heavy atom. The van der Waals surface area contributed by atoms with Gasteiger partial charge in [-0.3, -0.25) is 14.8 Å². The molecule has 0 radical (unpaired) electrons. The molecule has 0 spiro atoms. The van der Waals surface area contributed by atoms with Crippen molar-refractivity contribution in [1.29, 1.82) is 0 Å². The number of aromatic nitrogens is 2. The van der Waals surface area contributed by atoms with E-state index in [9.17, 15) is 9.18 Å². The molecule has 4 rings (SSSR count). The predicted octanol–water partition coefficient (Wildman–Crippen LogP) is 2.88. The molecule has 6 heteroatoms. The van der Waals surface area contributed by atoms with Crippen LogP contribution in [0.25, 0.3) is 11.0 Å². The zero-order valence-corrected chi connectivity index (χ0v) is 14.2. The van der Waals surface area contributed by atoms with Crippen LogP contribution in [0.2, 0.25) is 0 Å². The first-order valence-corrected chi connectivity index (χ1v) is 8.67. The zero-order valence-electron chi connectivity index (χ0n) is 14.2. The largest absolute Gasteiger partial charge is 0.348 e. The topological polar surface area (TPSA) is 66.9 Å². The van der Waals surface area contributed by atoms with Gasteiger partial charge in [0.15, 0.2) is 0 Å². The molecule has 1 aliphatic rings. The molecule has 3 aromatic rings. The van der Waals surface area contributed by atoms with E-state index in [1.807, 2.05) is 24.3 Å². The van der Waals surface area contributed by atoms with Crippen molar-refractivity contribution in [2.24, 2.45) is 0 Å².